The fraction of sp³-hybridized carbons (Fsp3) is 0. The second-order valence-corrected chi connectivity index (χ2v) is 5.74. The van der Waals surface area contributed by atoms with E-state index in [1.165, 1.54) is 0 Å². The molecule has 0 aliphatic carbocycles. The highest BCUT2D eigenvalue weighted by atomic mass is 16.2. The Morgan fingerprint density at radius 1 is 0.615 bits per heavy atom. The molecule has 0 bridgehead atoms. The monoisotopic (exact) mass is 346 g/mol. The normalized spacial score (nSPS) is 10.2. The summed E-state index contributed by atoms with van der Waals surface area (Å²) in [4.78, 5) is 24.5. The van der Waals surface area contributed by atoms with Gasteiger partial charge in [0, 0.05) is 33.9 Å². The average Bonchev–Trinajstić information content (AvgIpc) is 2.62. The Kier molecular flexibility index (Phi) is 4.85. The molecule has 0 spiro atoms. The van der Waals surface area contributed by atoms with Crippen LogP contribution in [0.5, 0.6) is 0 Å². The van der Waals surface area contributed by atoms with Crippen LogP contribution in [0.4, 0.5) is 22.7 Å². The van der Waals surface area contributed by atoms with E-state index in [1.807, 2.05) is 0 Å². The molecular formula is C20H18N4O2. The summed E-state index contributed by atoms with van der Waals surface area (Å²) in [6.07, 6.45) is 0. The molecule has 130 valence electrons. The van der Waals surface area contributed by atoms with Crippen LogP contribution >= 0.6 is 0 Å². The fourth-order valence-electron chi connectivity index (χ4n) is 2.41. The minimum Gasteiger partial charge on any atom is -0.399 e. The average molecular weight is 346 g/mol. The van der Waals surface area contributed by atoms with Gasteiger partial charge in [-0.05, 0) is 60.7 Å². The molecule has 6 N–H and O–H groups in total. The maximum Gasteiger partial charge on any atom is 0.255 e. The van der Waals surface area contributed by atoms with Crippen molar-refractivity contribution in [3.8, 4) is 0 Å². The van der Waals surface area contributed by atoms with Crippen LogP contribution in [0.1, 0.15) is 20.7 Å². The largest absolute Gasteiger partial charge is 0.399 e. The van der Waals surface area contributed by atoms with Crippen molar-refractivity contribution in [3.05, 3.63) is 83.9 Å². The minimum absolute atomic E-state index is 0.260. The number of carbonyl (C=O) groups excluding carboxylic acids is 2. The van der Waals surface area contributed by atoms with Gasteiger partial charge in [0.05, 0.1) is 0 Å². The molecule has 3 aromatic rings. The van der Waals surface area contributed by atoms with Crippen molar-refractivity contribution in [1.82, 2.24) is 0 Å². The van der Waals surface area contributed by atoms with Crippen LogP contribution in [0.3, 0.4) is 0 Å². The van der Waals surface area contributed by atoms with E-state index in [0.717, 1.165) is 0 Å². The molecule has 0 fully saturated rings. The second kappa shape index (κ2) is 7.40. The molecule has 6 heteroatoms. The molecule has 3 aromatic carbocycles. The standard InChI is InChI=1S/C20H18N4O2/c21-15-4-1-3-14(11-15)20(26)23-17-9-7-13(8-10-17)19(25)24-18-6-2-5-16(22)12-18/h1-12H,21-22H2,(H,23,26)(H,24,25). The molecule has 0 saturated carbocycles. The number of nitrogen functional groups attached to an aromatic ring is 2. The van der Waals surface area contributed by atoms with E-state index < -0.39 is 0 Å². The number of hydrogen-bond acceptors (Lipinski definition) is 4. The van der Waals surface area contributed by atoms with E-state index >= 15 is 0 Å². The summed E-state index contributed by atoms with van der Waals surface area (Å²) in [6.45, 7) is 0. The van der Waals surface area contributed by atoms with E-state index in [9.17, 15) is 9.59 Å². The number of nitrogens with two attached hydrogens (primary N) is 2. The summed E-state index contributed by atoms with van der Waals surface area (Å²) in [5, 5.41) is 5.54. The van der Waals surface area contributed by atoms with Gasteiger partial charge in [-0.2, -0.15) is 0 Å². The Bertz CT molecular complexity index is 952. The quantitative estimate of drug-likeness (QED) is 0.543. The summed E-state index contributed by atoms with van der Waals surface area (Å²) in [5.41, 5.74) is 14.6. The highest BCUT2D eigenvalue weighted by Crippen LogP contribution is 2.16. The smallest absolute Gasteiger partial charge is 0.255 e. The third-order valence-corrected chi connectivity index (χ3v) is 3.70. The van der Waals surface area contributed by atoms with Crippen molar-refractivity contribution in [2.24, 2.45) is 0 Å². The lowest BCUT2D eigenvalue weighted by Gasteiger charge is -2.08. The molecule has 6 nitrogen and oxygen atoms in total. The summed E-state index contributed by atoms with van der Waals surface area (Å²) < 4.78 is 0. The Morgan fingerprint density at radius 2 is 1.19 bits per heavy atom. The Balaban J connectivity index is 1.66. The van der Waals surface area contributed by atoms with Crippen LogP contribution < -0.4 is 22.1 Å². The molecule has 0 saturated heterocycles. The van der Waals surface area contributed by atoms with Crippen molar-refractivity contribution in [1.29, 1.82) is 0 Å². The van der Waals surface area contributed by atoms with Gasteiger partial charge in [0.15, 0.2) is 0 Å². The van der Waals surface area contributed by atoms with Crippen LogP contribution in [0.15, 0.2) is 72.8 Å². The van der Waals surface area contributed by atoms with E-state index in [2.05, 4.69) is 10.6 Å². The molecule has 26 heavy (non-hydrogen) atoms. The molecule has 2 amide bonds. The third kappa shape index (κ3) is 4.18. The first kappa shape index (κ1) is 17.0. The number of rotatable bonds is 4. The van der Waals surface area contributed by atoms with Gasteiger partial charge in [0.1, 0.15) is 0 Å². The number of nitrogens with one attached hydrogen (secondary N) is 2. The predicted octanol–water partition coefficient (Wildman–Crippen LogP) is 3.36. The molecule has 0 aromatic heterocycles. The van der Waals surface area contributed by atoms with Crippen LogP contribution in [-0.2, 0) is 0 Å². The Hall–Kier alpha value is -3.80. The lowest BCUT2D eigenvalue weighted by Crippen LogP contribution is -2.14. The first-order valence-electron chi connectivity index (χ1n) is 7.95. The SMILES string of the molecule is Nc1cccc(NC(=O)c2ccc(NC(=O)c3cccc(N)c3)cc2)c1. The Morgan fingerprint density at radius 3 is 1.85 bits per heavy atom. The third-order valence-electron chi connectivity index (χ3n) is 3.70. The molecule has 0 radical (unpaired) electrons. The number of benzene rings is 3. The van der Waals surface area contributed by atoms with Gasteiger partial charge in [-0.1, -0.05) is 12.1 Å². The number of carbonyl (C=O) groups is 2. The molecule has 0 unspecified atom stereocenters. The van der Waals surface area contributed by atoms with E-state index in [1.54, 1.807) is 72.8 Å². The van der Waals surface area contributed by atoms with Gasteiger partial charge in [0.25, 0.3) is 11.8 Å². The topological polar surface area (TPSA) is 110 Å². The van der Waals surface area contributed by atoms with Gasteiger partial charge in [-0.3, -0.25) is 9.59 Å². The summed E-state index contributed by atoms with van der Waals surface area (Å²) in [7, 11) is 0. The van der Waals surface area contributed by atoms with Crippen molar-refractivity contribution in [3.63, 3.8) is 0 Å². The summed E-state index contributed by atoms with van der Waals surface area (Å²) in [6, 6.07) is 20.3. The number of anilines is 4. The zero-order valence-corrected chi connectivity index (χ0v) is 13.9. The highest BCUT2D eigenvalue weighted by Gasteiger charge is 2.09. The van der Waals surface area contributed by atoms with Crippen LogP contribution in [0.25, 0.3) is 0 Å². The van der Waals surface area contributed by atoms with Gasteiger partial charge < -0.3 is 22.1 Å². The lowest BCUT2D eigenvalue weighted by molar-refractivity contribution is 0.102. The van der Waals surface area contributed by atoms with Crippen molar-refractivity contribution >= 4 is 34.6 Å². The zero-order valence-electron chi connectivity index (χ0n) is 13.9. The maximum absolute atomic E-state index is 12.3. The van der Waals surface area contributed by atoms with Crippen molar-refractivity contribution < 1.29 is 9.59 Å². The summed E-state index contributed by atoms with van der Waals surface area (Å²) in [5.74, 6) is -0.529. The lowest BCUT2D eigenvalue weighted by atomic mass is 10.1. The molecule has 3 rings (SSSR count). The first-order chi connectivity index (χ1) is 12.5. The molecule has 0 atom stereocenters. The van der Waals surface area contributed by atoms with E-state index in [0.29, 0.717) is 33.9 Å². The van der Waals surface area contributed by atoms with Crippen molar-refractivity contribution in [2.75, 3.05) is 22.1 Å². The number of amides is 2. The van der Waals surface area contributed by atoms with Crippen LogP contribution in [-0.4, -0.2) is 11.8 Å². The second-order valence-electron chi connectivity index (χ2n) is 5.74. The summed E-state index contributed by atoms with van der Waals surface area (Å²) >= 11 is 0. The van der Waals surface area contributed by atoms with Crippen LogP contribution in [0, 0.1) is 0 Å². The first-order valence-corrected chi connectivity index (χ1v) is 7.95. The molecular weight excluding hydrogens is 328 g/mol. The van der Waals surface area contributed by atoms with Gasteiger partial charge in [0.2, 0.25) is 0 Å². The molecule has 0 aliphatic rings. The zero-order chi connectivity index (χ0) is 18.5. The van der Waals surface area contributed by atoms with E-state index in [-0.39, 0.29) is 11.8 Å². The fourth-order valence-corrected chi connectivity index (χ4v) is 2.41. The highest BCUT2D eigenvalue weighted by molar-refractivity contribution is 6.06. The maximum atomic E-state index is 12.3. The minimum atomic E-state index is -0.269. The van der Waals surface area contributed by atoms with Gasteiger partial charge in [-0.25, -0.2) is 0 Å². The molecule has 0 aliphatic heterocycles. The van der Waals surface area contributed by atoms with Gasteiger partial charge >= 0.3 is 0 Å². The predicted molar refractivity (Wildman–Crippen MR) is 104 cm³/mol. The van der Waals surface area contributed by atoms with Gasteiger partial charge in [-0.15, -0.1) is 0 Å². The molecule has 0 heterocycles. The van der Waals surface area contributed by atoms with Crippen molar-refractivity contribution in [2.45, 2.75) is 0 Å². The van der Waals surface area contributed by atoms with Crippen LogP contribution in [0.2, 0.25) is 0 Å². The van der Waals surface area contributed by atoms with E-state index in [4.69, 9.17) is 11.5 Å². The Labute approximate surface area is 150 Å². The number of hydrogen-bond donors (Lipinski definition) is 4.